The van der Waals surface area contributed by atoms with Crippen LogP contribution in [0.5, 0.6) is 0 Å². The van der Waals surface area contributed by atoms with Crippen LogP contribution >= 0.6 is 15.9 Å². The van der Waals surface area contributed by atoms with Crippen LogP contribution in [0, 0.1) is 11.8 Å². The van der Waals surface area contributed by atoms with Gasteiger partial charge in [0.2, 0.25) is 17.7 Å². The summed E-state index contributed by atoms with van der Waals surface area (Å²) in [5.74, 6) is -2.81. The molecule has 1 spiro atoms. The fraction of sp³-hybridized carbons (Fsp3) is 0.550. The molecule has 1 aromatic carbocycles. The topological polar surface area (TPSA) is 108 Å². The maximum atomic E-state index is 13.5. The molecule has 29 heavy (non-hydrogen) atoms. The van der Waals surface area contributed by atoms with Crippen molar-refractivity contribution in [2.24, 2.45) is 11.8 Å². The molecule has 3 N–H and O–H groups in total. The van der Waals surface area contributed by atoms with Crippen molar-refractivity contribution < 1.29 is 24.2 Å². The molecule has 4 aliphatic heterocycles. The molecule has 0 aromatic heterocycles. The summed E-state index contributed by atoms with van der Waals surface area (Å²) in [7, 11) is 0. The van der Waals surface area contributed by atoms with Crippen molar-refractivity contribution in [2.45, 2.75) is 43.6 Å². The van der Waals surface area contributed by atoms with Gasteiger partial charge in [0.05, 0.1) is 30.6 Å². The Morgan fingerprint density at radius 3 is 2.83 bits per heavy atom. The SMILES string of the molecule is CC(O)[C@@H]1N[C@@]2(C(=O)Nc3ccc(Br)cc32)[C@H]2C(=O)N(CC3CCCO3)C(=O)[C@@H]12. The van der Waals surface area contributed by atoms with Gasteiger partial charge in [0.25, 0.3) is 0 Å². The van der Waals surface area contributed by atoms with E-state index in [1.54, 1.807) is 19.1 Å². The van der Waals surface area contributed by atoms with Crippen LogP contribution in [-0.4, -0.2) is 59.1 Å². The highest BCUT2D eigenvalue weighted by Gasteiger charge is 2.71. The molecule has 1 aromatic rings. The Hall–Kier alpha value is -1.81. The van der Waals surface area contributed by atoms with Gasteiger partial charge in [-0.15, -0.1) is 0 Å². The third-order valence-corrected chi connectivity index (χ3v) is 7.13. The van der Waals surface area contributed by atoms with E-state index in [0.29, 0.717) is 17.9 Å². The van der Waals surface area contributed by atoms with E-state index >= 15 is 0 Å². The number of anilines is 1. The van der Waals surface area contributed by atoms with E-state index in [9.17, 15) is 19.5 Å². The van der Waals surface area contributed by atoms with E-state index in [4.69, 9.17) is 4.74 Å². The van der Waals surface area contributed by atoms with Gasteiger partial charge in [-0.25, -0.2) is 0 Å². The van der Waals surface area contributed by atoms with E-state index in [0.717, 1.165) is 17.3 Å². The lowest BCUT2D eigenvalue weighted by Gasteiger charge is -2.30. The predicted molar refractivity (Wildman–Crippen MR) is 106 cm³/mol. The number of halogens is 1. The van der Waals surface area contributed by atoms with Crippen LogP contribution in [-0.2, 0) is 24.7 Å². The molecule has 6 atom stereocenters. The number of likely N-dealkylation sites (tertiary alicyclic amines) is 1. The number of amides is 3. The fourth-order valence-corrected chi connectivity index (χ4v) is 5.71. The number of nitrogens with one attached hydrogen (secondary N) is 2. The second-order valence-electron chi connectivity index (χ2n) is 8.29. The summed E-state index contributed by atoms with van der Waals surface area (Å²) < 4.78 is 6.38. The van der Waals surface area contributed by atoms with Crippen molar-refractivity contribution in [2.75, 3.05) is 18.5 Å². The zero-order valence-corrected chi connectivity index (χ0v) is 17.4. The molecule has 0 bridgehead atoms. The average Bonchev–Trinajstić information content (AvgIpc) is 3.41. The number of aliphatic hydroxyl groups is 1. The Morgan fingerprint density at radius 1 is 1.34 bits per heavy atom. The third-order valence-electron chi connectivity index (χ3n) is 6.63. The highest BCUT2D eigenvalue weighted by Crippen LogP contribution is 2.53. The standard InChI is InChI=1S/C20H22BrN3O5/c1-9(25)16-14-15(18(27)24(17(14)26)8-11-3-2-6-29-11)20(23-16)12-7-10(21)4-5-13(12)22-19(20)28/h4-5,7,9,11,14-16,23,25H,2-3,6,8H2,1H3,(H,22,28)/t9?,11?,14-,15-,16+,20-/m1/s1. The van der Waals surface area contributed by atoms with Crippen molar-refractivity contribution >= 4 is 39.3 Å². The normalized spacial score (nSPS) is 36.7. The Bertz CT molecular complexity index is 915. The number of benzene rings is 1. The lowest BCUT2D eigenvalue weighted by atomic mass is 9.76. The number of hydrogen-bond acceptors (Lipinski definition) is 6. The minimum Gasteiger partial charge on any atom is -0.392 e. The molecule has 3 saturated heterocycles. The van der Waals surface area contributed by atoms with Gasteiger partial charge < -0.3 is 15.2 Å². The number of carbonyl (C=O) groups excluding carboxylic acids is 3. The van der Waals surface area contributed by atoms with Crippen LogP contribution in [0.4, 0.5) is 5.69 Å². The lowest BCUT2D eigenvalue weighted by Crippen LogP contribution is -2.55. The van der Waals surface area contributed by atoms with Crippen LogP contribution < -0.4 is 10.6 Å². The lowest BCUT2D eigenvalue weighted by molar-refractivity contribution is -0.144. The van der Waals surface area contributed by atoms with Gasteiger partial charge in [-0.05, 0) is 38.0 Å². The number of fused-ring (bicyclic) bond motifs is 4. The monoisotopic (exact) mass is 463 g/mol. The molecular formula is C20H22BrN3O5. The molecule has 154 valence electrons. The van der Waals surface area contributed by atoms with Crippen molar-refractivity contribution in [3.05, 3.63) is 28.2 Å². The van der Waals surface area contributed by atoms with E-state index < -0.39 is 29.5 Å². The maximum absolute atomic E-state index is 13.5. The van der Waals surface area contributed by atoms with Gasteiger partial charge in [0, 0.05) is 28.4 Å². The summed E-state index contributed by atoms with van der Waals surface area (Å²) in [6, 6.07) is 4.66. The van der Waals surface area contributed by atoms with Gasteiger partial charge in [-0.1, -0.05) is 15.9 Å². The Labute approximate surface area is 176 Å². The van der Waals surface area contributed by atoms with Crippen LogP contribution in [0.15, 0.2) is 22.7 Å². The second-order valence-corrected chi connectivity index (χ2v) is 9.20. The molecule has 4 heterocycles. The minimum absolute atomic E-state index is 0.172. The van der Waals surface area contributed by atoms with Crippen molar-refractivity contribution in [3.63, 3.8) is 0 Å². The first kappa shape index (κ1) is 19.2. The van der Waals surface area contributed by atoms with E-state index in [1.165, 1.54) is 4.90 Å². The Balaban J connectivity index is 1.61. The summed E-state index contributed by atoms with van der Waals surface area (Å²) in [6.07, 6.45) is 0.616. The highest BCUT2D eigenvalue weighted by molar-refractivity contribution is 9.10. The predicted octanol–water partition coefficient (Wildman–Crippen LogP) is 0.729. The van der Waals surface area contributed by atoms with E-state index in [-0.39, 0.29) is 30.4 Å². The quantitative estimate of drug-likeness (QED) is 0.570. The smallest absolute Gasteiger partial charge is 0.250 e. The molecule has 0 radical (unpaired) electrons. The number of carbonyl (C=O) groups is 3. The maximum Gasteiger partial charge on any atom is 0.250 e. The van der Waals surface area contributed by atoms with Crippen LogP contribution in [0.2, 0.25) is 0 Å². The van der Waals surface area contributed by atoms with E-state index in [2.05, 4.69) is 26.6 Å². The number of rotatable bonds is 3. The molecule has 9 heteroatoms. The summed E-state index contributed by atoms with van der Waals surface area (Å²) in [5, 5.41) is 16.4. The Morgan fingerprint density at radius 2 is 2.14 bits per heavy atom. The zero-order chi connectivity index (χ0) is 20.5. The van der Waals surface area contributed by atoms with Crippen LogP contribution in [0.25, 0.3) is 0 Å². The number of imide groups is 1. The minimum atomic E-state index is -1.39. The van der Waals surface area contributed by atoms with Crippen molar-refractivity contribution in [3.8, 4) is 0 Å². The molecule has 8 nitrogen and oxygen atoms in total. The van der Waals surface area contributed by atoms with Gasteiger partial charge in [0.15, 0.2) is 0 Å². The van der Waals surface area contributed by atoms with Gasteiger partial charge in [0.1, 0.15) is 5.54 Å². The van der Waals surface area contributed by atoms with Crippen molar-refractivity contribution in [1.29, 1.82) is 0 Å². The average molecular weight is 464 g/mol. The largest absolute Gasteiger partial charge is 0.392 e. The van der Waals surface area contributed by atoms with Crippen LogP contribution in [0.1, 0.15) is 25.3 Å². The summed E-state index contributed by atoms with van der Waals surface area (Å²) in [6.45, 7) is 2.39. The molecule has 0 saturated carbocycles. The molecule has 5 rings (SSSR count). The summed E-state index contributed by atoms with van der Waals surface area (Å²) >= 11 is 3.43. The van der Waals surface area contributed by atoms with Crippen LogP contribution in [0.3, 0.4) is 0 Å². The van der Waals surface area contributed by atoms with Crippen molar-refractivity contribution in [1.82, 2.24) is 10.2 Å². The number of hydrogen-bond donors (Lipinski definition) is 3. The van der Waals surface area contributed by atoms with E-state index in [1.807, 2.05) is 6.07 Å². The molecule has 3 fully saturated rings. The number of aliphatic hydroxyl groups excluding tert-OH is 1. The first-order valence-electron chi connectivity index (χ1n) is 9.88. The molecular weight excluding hydrogens is 442 g/mol. The summed E-state index contributed by atoms with van der Waals surface area (Å²) in [4.78, 5) is 41.2. The van der Waals surface area contributed by atoms with Gasteiger partial charge in [-0.2, -0.15) is 0 Å². The molecule has 4 aliphatic rings. The van der Waals surface area contributed by atoms with Gasteiger partial charge in [-0.3, -0.25) is 24.6 Å². The number of nitrogens with zero attached hydrogens (tertiary/aromatic N) is 1. The molecule has 3 amide bonds. The fourth-order valence-electron chi connectivity index (χ4n) is 5.35. The third kappa shape index (κ3) is 2.57. The first-order valence-corrected chi connectivity index (χ1v) is 10.7. The molecule has 0 aliphatic carbocycles. The first-order chi connectivity index (χ1) is 13.8. The highest BCUT2D eigenvalue weighted by atomic mass is 79.9. The molecule has 2 unspecified atom stereocenters. The number of ether oxygens (including phenoxy) is 1. The van der Waals surface area contributed by atoms with Gasteiger partial charge >= 0.3 is 0 Å². The zero-order valence-electron chi connectivity index (χ0n) is 15.9. The Kier molecular flexibility index (Phi) is 4.36. The summed E-state index contributed by atoms with van der Waals surface area (Å²) in [5.41, 5.74) is -0.160. The second kappa shape index (κ2) is 6.60.